The molecule has 112 valence electrons. The van der Waals surface area contributed by atoms with Gasteiger partial charge in [-0.05, 0) is 34.1 Å². The van der Waals surface area contributed by atoms with Gasteiger partial charge in [-0.2, -0.15) is 0 Å². The Balaban J connectivity index is 2.58. The summed E-state index contributed by atoms with van der Waals surface area (Å²) in [5.41, 5.74) is 0. The Bertz CT molecular complexity index is 593. The van der Waals surface area contributed by atoms with Crippen LogP contribution in [0.25, 0.3) is 0 Å². The Morgan fingerprint density at radius 3 is 2.55 bits per heavy atom. The van der Waals surface area contributed by atoms with Gasteiger partial charge in [0.15, 0.2) is 0 Å². The van der Waals surface area contributed by atoms with Crippen molar-refractivity contribution >= 4 is 43.6 Å². The van der Waals surface area contributed by atoms with Gasteiger partial charge in [-0.25, -0.2) is 17.9 Å². The largest absolute Gasteiger partial charge is 0.337 e. The SMILES string of the molecule is CN(C)C(=O)NCCNS(=O)(=O)c1ccc(Cl)c(Br)c1. The standard InChI is InChI=1S/C11H15BrClN3O3S/c1-16(2)11(17)14-5-6-15-20(18,19)8-3-4-10(13)9(12)7-8/h3-4,7,15H,5-6H2,1-2H3,(H,14,17). The van der Waals surface area contributed by atoms with Crippen molar-refractivity contribution in [2.75, 3.05) is 27.2 Å². The van der Waals surface area contributed by atoms with E-state index in [0.717, 1.165) is 0 Å². The van der Waals surface area contributed by atoms with Gasteiger partial charge in [-0.3, -0.25) is 0 Å². The third kappa shape index (κ3) is 4.93. The minimum Gasteiger partial charge on any atom is -0.337 e. The maximum absolute atomic E-state index is 12.0. The highest BCUT2D eigenvalue weighted by Crippen LogP contribution is 2.25. The van der Waals surface area contributed by atoms with Crippen LogP contribution in [0.1, 0.15) is 0 Å². The molecule has 0 unspecified atom stereocenters. The molecule has 2 N–H and O–H groups in total. The van der Waals surface area contributed by atoms with Crippen LogP contribution in [0.15, 0.2) is 27.6 Å². The Hall–Kier alpha value is -0.830. The van der Waals surface area contributed by atoms with Crippen molar-refractivity contribution in [3.05, 3.63) is 27.7 Å². The average Bonchev–Trinajstić information content (AvgIpc) is 2.37. The van der Waals surface area contributed by atoms with Crippen LogP contribution in [-0.2, 0) is 10.0 Å². The van der Waals surface area contributed by atoms with E-state index in [2.05, 4.69) is 26.0 Å². The Labute approximate surface area is 131 Å². The van der Waals surface area contributed by atoms with E-state index >= 15 is 0 Å². The van der Waals surface area contributed by atoms with E-state index in [1.165, 1.54) is 23.1 Å². The van der Waals surface area contributed by atoms with Gasteiger partial charge in [-0.1, -0.05) is 11.6 Å². The lowest BCUT2D eigenvalue weighted by atomic mass is 10.4. The molecule has 0 atom stereocenters. The van der Waals surface area contributed by atoms with Gasteiger partial charge < -0.3 is 10.2 Å². The van der Waals surface area contributed by atoms with E-state index in [-0.39, 0.29) is 24.0 Å². The molecule has 1 aromatic rings. The highest BCUT2D eigenvalue weighted by molar-refractivity contribution is 9.10. The lowest BCUT2D eigenvalue weighted by molar-refractivity contribution is 0.217. The third-order valence-electron chi connectivity index (χ3n) is 2.30. The third-order valence-corrected chi connectivity index (χ3v) is 4.97. The zero-order valence-corrected chi connectivity index (χ0v) is 14.1. The zero-order valence-electron chi connectivity index (χ0n) is 11.0. The van der Waals surface area contributed by atoms with E-state index in [1.807, 2.05) is 0 Å². The number of carbonyl (C=O) groups is 1. The van der Waals surface area contributed by atoms with Crippen molar-refractivity contribution < 1.29 is 13.2 Å². The second kappa shape index (κ2) is 7.26. The summed E-state index contributed by atoms with van der Waals surface area (Å²) < 4.78 is 26.8. The molecule has 2 amide bonds. The normalized spacial score (nSPS) is 11.2. The number of sulfonamides is 1. The molecule has 0 saturated carbocycles. The number of nitrogens with zero attached hydrogens (tertiary/aromatic N) is 1. The molecule has 6 nitrogen and oxygen atoms in total. The number of hydrogen-bond acceptors (Lipinski definition) is 3. The van der Waals surface area contributed by atoms with Gasteiger partial charge in [0, 0.05) is 31.7 Å². The predicted molar refractivity (Wildman–Crippen MR) is 81.4 cm³/mol. The number of rotatable bonds is 5. The number of halogens is 2. The molecule has 0 aliphatic carbocycles. The van der Waals surface area contributed by atoms with Crippen LogP contribution in [0.4, 0.5) is 4.79 Å². The molecule has 0 fully saturated rings. The van der Waals surface area contributed by atoms with Crippen LogP contribution in [0, 0.1) is 0 Å². The van der Waals surface area contributed by atoms with Crippen LogP contribution >= 0.6 is 27.5 Å². The molecule has 0 aromatic heterocycles. The van der Waals surface area contributed by atoms with E-state index in [9.17, 15) is 13.2 Å². The number of benzene rings is 1. The first-order valence-electron chi connectivity index (χ1n) is 5.64. The molecule has 0 aliphatic heterocycles. The van der Waals surface area contributed by atoms with Crippen molar-refractivity contribution in [2.24, 2.45) is 0 Å². The first kappa shape index (κ1) is 17.2. The predicted octanol–water partition coefficient (Wildman–Crippen LogP) is 1.65. The number of urea groups is 1. The second-order valence-electron chi connectivity index (χ2n) is 4.10. The van der Waals surface area contributed by atoms with Crippen LogP contribution in [0.2, 0.25) is 5.02 Å². The van der Waals surface area contributed by atoms with Crippen molar-refractivity contribution in [3.63, 3.8) is 0 Å². The van der Waals surface area contributed by atoms with Crippen LogP contribution in [-0.4, -0.2) is 46.5 Å². The minimum absolute atomic E-state index is 0.0994. The fourth-order valence-electron chi connectivity index (χ4n) is 1.24. The molecule has 0 spiro atoms. The highest BCUT2D eigenvalue weighted by atomic mass is 79.9. The number of carbonyl (C=O) groups excluding carboxylic acids is 1. The lowest BCUT2D eigenvalue weighted by Crippen LogP contribution is -2.39. The van der Waals surface area contributed by atoms with Gasteiger partial charge in [0.25, 0.3) is 0 Å². The van der Waals surface area contributed by atoms with Gasteiger partial charge in [0.1, 0.15) is 0 Å². The van der Waals surface area contributed by atoms with Crippen molar-refractivity contribution in [3.8, 4) is 0 Å². The summed E-state index contributed by atoms with van der Waals surface area (Å²) in [4.78, 5) is 12.7. The summed E-state index contributed by atoms with van der Waals surface area (Å²) in [5, 5.41) is 2.99. The summed E-state index contributed by atoms with van der Waals surface area (Å²) in [6, 6.07) is 4.05. The van der Waals surface area contributed by atoms with Crippen LogP contribution in [0.3, 0.4) is 0 Å². The van der Waals surface area contributed by atoms with Crippen molar-refractivity contribution in [2.45, 2.75) is 4.90 Å². The summed E-state index contributed by atoms with van der Waals surface area (Å²) in [5.74, 6) is 0. The summed E-state index contributed by atoms with van der Waals surface area (Å²) >= 11 is 8.98. The maximum Gasteiger partial charge on any atom is 0.316 e. The smallest absolute Gasteiger partial charge is 0.316 e. The first-order valence-corrected chi connectivity index (χ1v) is 8.29. The van der Waals surface area contributed by atoms with Gasteiger partial charge >= 0.3 is 6.03 Å². The van der Waals surface area contributed by atoms with Crippen molar-refractivity contribution in [1.29, 1.82) is 0 Å². The van der Waals surface area contributed by atoms with Crippen molar-refractivity contribution in [1.82, 2.24) is 14.9 Å². The molecular formula is C11H15BrClN3O3S. The molecule has 20 heavy (non-hydrogen) atoms. The fraction of sp³-hybridized carbons (Fsp3) is 0.364. The number of hydrogen-bond donors (Lipinski definition) is 2. The van der Waals surface area contributed by atoms with E-state index < -0.39 is 10.0 Å². The van der Waals surface area contributed by atoms with Gasteiger partial charge in [0.2, 0.25) is 10.0 Å². The molecule has 0 heterocycles. The highest BCUT2D eigenvalue weighted by Gasteiger charge is 2.14. The minimum atomic E-state index is -3.62. The second-order valence-corrected chi connectivity index (χ2v) is 7.13. The molecular weight excluding hydrogens is 370 g/mol. The number of nitrogens with one attached hydrogen (secondary N) is 2. The molecule has 1 aromatic carbocycles. The maximum atomic E-state index is 12.0. The molecule has 1 rings (SSSR count). The Kier molecular flexibility index (Phi) is 6.25. The number of amides is 2. The topological polar surface area (TPSA) is 78.5 Å². The monoisotopic (exact) mass is 383 g/mol. The Morgan fingerprint density at radius 2 is 2.00 bits per heavy atom. The van der Waals surface area contributed by atoms with E-state index in [1.54, 1.807) is 14.1 Å². The van der Waals surface area contributed by atoms with Crippen LogP contribution < -0.4 is 10.0 Å². The molecule has 0 aliphatic rings. The molecule has 0 saturated heterocycles. The van der Waals surface area contributed by atoms with Gasteiger partial charge in [-0.15, -0.1) is 0 Å². The lowest BCUT2D eigenvalue weighted by Gasteiger charge is -2.12. The molecule has 0 bridgehead atoms. The zero-order chi connectivity index (χ0) is 15.3. The van der Waals surface area contributed by atoms with Gasteiger partial charge in [0.05, 0.1) is 9.92 Å². The van der Waals surface area contributed by atoms with E-state index in [4.69, 9.17) is 11.6 Å². The Morgan fingerprint density at radius 1 is 1.35 bits per heavy atom. The summed E-state index contributed by atoms with van der Waals surface area (Å²) in [7, 11) is -0.417. The average molecular weight is 385 g/mol. The van der Waals surface area contributed by atoms with E-state index in [0.29, 0.717) is 9.50 Å². The van der Waals surface area contributed by atoms with Crippen LogP contribution in [0.5, 0.6) is 0 Å². The fourth-order valence-corrected chi connectivity index (χ4v) is 2.95. The summed E-state index contributed by atoms with van der Waals surface area (Å²) in [6.45, 7) is 0.299. The summed E-state index contributed by atoms with van der Waals surface area (Å²) in [6.07, 6.45) is 0. The molecule has 9 heteroatoms. The molecule has 0 radical (unpaired) electrons. The quantitative estimate of drug-likeness (QED) is 0.758. The first-order chi connectivity index (χ1) is 9.24.